The van der Waals surface area contributed by atoms with Crippen molar-refractivity contribution < 1.29 is 19.1 Å². The molecule has 4 heteroatoms. The zero-order chi connectivity index (χ0) is 15.5. The molecular weight excluding hydrogens is 280 g/mol. The summed E-state index contributed by atoms with van der Waals surface area (Å²) in [5.41, 5.74) is 1.62. The summed E-state index contributed by atoms with van der Waals surface area (Å²) in [4.78, 5) is 11.4. The van der Waals surface area contributed by atoms with Crippen molar-refractivity contribution in [2.75, 3.05) is 0 Å². The monoisotopic (exact) mass is 300 g/mol. The molecule has 1 heterocycles. The molecule has 1 N–H and O–H groups in total. The number of hydrogen-bond donors (Lipinski definition) is 1. The molecule has 1 fully saturated rings. The number of rotatable bonds is 4. The number of ether oxygens (including phenoxy) is 1. The lowest BCUT2D eigenvalue weighted by atomic mass is 9.97. The number of carbonyl (C=O) groups is 1. The normalized spacial score (nSPS) is 15.7. The molecule has 0 aliphatic heterocycles. The van der Waals surface area contributed by atoms with Gasteiger partial charge in [-0.1, -0.05) is 24.6 Å². The summed E-state index contributed by atoms with van der Waals surface area (Å²) in [6, 6.07) is 8.79. The quantitative estimate of drug-likeness (QED) is 0.891. The first-order valence-electron chi connectivity index (χ1n) is 7.75. The maximum atomic E-state index is 11.4. The first-order chi connectivity index (χ1) is 10.6. The highest BCUT2D eigenvalue weighted by atomic mass is 16.6. The van der Waals surface area contributed by atoms with Crippen molar-refractivity contribution in [2.45, 2.75) is 45.1 Å². The van der Waals surface area contributed by atoms with Gasteiger partial charge in [0.25, 0.3) is 5.95 Å². The van der Waals surface area contributed by atoms with E-state index in [0.29, 0.717) is 11.5 Å². The number of carboxylic acid groups (broad SMARTS) is 1. The Morgan fingerprint density at radius 2 is 1.91 bits per heavy atom. The lowest BCUT2D eigenvalue weighted by Gasteiger charge is -2.22. The lowest BCUT2D eigenvalue weighted by molar-refractivity contribution is 0.0697. The zero-order valence-electron chi connectivity index (χ0n) is 12.7. The van der Waals surface area contributed by atoms with Gasteiger partial charge in [0, 0.05) is 5.56 Å². The fourth-order valence-electron chi connectivity index (χ4n) is 3.01. The summed E-state index contributed by atoms with van der Waals surface area (Å²) in [6.45, 7) is 1.85. The Balaban J connectivity index is 1.96. The number of benzene rings is 1. The highest BCUT2D eigenvalue weighted by molar-refractivity contribution is 5.96. The van der Waals surface area contributed by atoms with Gasteiger partial charge in [0.2, 0.25) is 0 Å². The third-order valence-electron chi connectivity index (χ3n) is 4.09. The highest BCUT2D eigenvalue weighted by Gasteiger charge is 2.22. The maximum Gasteiger partial charge on any atom is 0.336 e. The summed E-state index contributed by atoms with van der Waals surface area (Å²) < 4.78 is 11.7. The van der Waals surface area contributed by atoms with Gasteiger partial charge >= 0.3 is 5.97 Å². The lowest BCUT2D eigenvalue weighted by Crippen LogP contribution is -2.19. The van der Waals surface area contributed by atoms with Crippen molar-refractivity contribution in [3.8, 4) is 17.1 Å². The van der Waals surface area contributed by atoms with Crippen molar-refractivity contribution in [3.63, 3.8) is 0 Å². The molecule has 116 valence electrons. The van der Waals surface area contributed by atoms with E-state index < -0.39 is 5.97 Å². The Morgan fingerprint density at radius 1 is 1.18 bits per heavy atom. The molecule has 1 aromatic carbocycles. The number of carboxylic acids is 1. The van der Waals surface area contributed by atoms with Gasteiger partial charge in [-0.2, -0.15) is 0 Å². The van der Waals surface area contributed by atoms with Gasteiger partial charge in [0.15, 0.2) is 0 Å². The second-order valence-corrected chi connectivity index (χ2v) is 5.79. The summed E-state index contributed by atoms with van der Waals surface area (Å²) in [7, 11) is 0. The Labute approximate surface area is 129 Å². The van der Waals surface area contributed by atoms with Crippen LogP contribution in [0, 0.1) is 6.92 Å². The maximum absolute atomic E-state index is 11.4. The molecule has 2 aromatic rings. The largest absolute Gasteiger partial charge is 0.478 e. The predicted molar refractivity (Wildman–Crippen MR) is 83.3 cm³/mol. The average molecular weight is 300 g/mol. The molecule has 0 radical (unpaired) electrons. The Bertz CT molecular complexity index is 665. The van der Waals surface area contributed by atoms with Crippen molar-refractivity contribution in [1.29, 1.82) is 0 Å². The van der Waals surface area contributed by atoms with Crippen LogP contribution in [-0.4, -0.2) is 17.2 Å². The molecule has 3 rings (SSSR count). The average Bonchev–Trinajstić information content (AvgIpc) is 2.88. The number of hydrogen-bond acceptors (Lipinski definition) is 3. The molecule has 0 spiro atoms. The van der Waals surface area contributed by atoms with Gasteiger partial charge in [-0.25, -0.2) is 4.79 Å². The molecule has 0 unspecified atom stereocenters. The number of furan rings is 1. The minimum atomic E-state index is -0.946. The van der Waals surface area contributed by atoms with E-state index in [9.17, 15) is 9.90 Å². The first kappa shape index (κ1) is 14.7. The van der Waals surface area contributed by atoms with E-state index in [1.165, 1.54) is 19.3 Å². The molecule has 1 aromatic heterocycles. The number of aryl methyl sites for hydroxylation is 1. The van der Waals surface area contributed by atoms with E-state index in [4.69, 9.17) is 9.15 Å². The van der Waals surface area contributed by atoms with Crippen molar-refractivity contribution >= 4 is 5.97 Å². The first-order valence-corrected chi connectivity index (χ1v) is 7.75. The molecule has 22 heavy (non-hydrogen) atoms. The van der Waals surface area contributed by atoms with Gasteiger partial charge in [0.1, 0.15) is 11.9 Å². The van der Waals surface area contributed by atoms with Gasteiger partial charge in [-0.05, 0) is 44.7 Å². The molecule has 0 amide bonds. The van der Waals surface area contributed by atoms with Crippen molar-refractivity contribution in [1.82, 2.24) is 0 Å². The third kappa shape index (κ3) is 3.01. The highest BCUT2D eigenvalue weighted by Crippen LogP contribution is 2.37. The molecule has 0 atom stereocenters. The van der Waals surface area contributed by atoms with Crippen LogP contribution < -0.4 is 4.74 Å². The van der Waals surface area contributed by atoms with Gasteiger partial charge in [0.05, 0.1) is 11.1 Å². The molecule has 1 aliphatic rings. The molecular formula is C18H20O4. The van der Waals surface area contributed by atoms with Gasteiger partial charge < -0.3 is 14.3 Å². The standard InChI is InChI=1S/C18H20O4/c1-12-11-16(14-9-5-6-10-15(14)17(19)20)18(21-12)22-13-7-3-2-4-8-13/h5-6,9-11,13H,2-4,7-8H2,1H3,(H,19,20). The second kappa shape index (κ2) is 6.26. The fourth-order valence-corrected chi connectivity index (χ4v) is 3.01. The zero-order valence-corrected chi connectivity index (χ0v) is 12.7. The molecule has 1 aliphatic carbocycles. The number of aromatic carboxylic acids is 1. The van der Waals surface area contributed by atoms with Crippen molar-refractivity contribution in [3.05, 3.63) is 41.7 Å². The molecule has 1 saturated carbocycles. The Hall–Kier alpha value is -2.23. The summed E-state index contributed by atoms with van der Waals surface area (Å²) in [5, 5.41) is 9.37. The Morgan fingerprint density at radius 3 is 2.64 bits per heavy atom. The minimum absolute atomic E-state index is 0.162. The SMILES string of the molecule is Cc1cc(-c2ccccc2C(=O)O)c(OC2CCCCC2)o1. The molecule has 0 saturated heterocycles. The second-order valence-electron chi connectivity index (χ2n) is 5.79. The fraction of sp³-hybridized carbons (Fsp3) is 0.389. The van der Waals surface area contributed by atoms with Crippen LogP contribution in [0.15, 0.2) is 34.7 Å². The summed E-state index contributed by atoms with van der Waals surface area (Å²) in [6.07, 6.45) is 5.82. The van der Waals surface area contributed by atoms with Gasteiger partial charge in [-0.15, -0.1) is 0 Å². The molecule has 4 nitrogen and oxygen atoms in total. The van der Waals surface area contributed by atoms with E-state index >= 15 is 0 Å². The van der Waals surface area contributed by atoms with Crippen LogP contribution in [-0.2, 0) is 0 Å². The summed E-state index contributed by atoms with van der Waals surface area (Å²) in [5.74, 6) is 0.220. The minimum Gasteiger partial charge on any atom is -0.478 e. The van der Waals surface area contributed by atoms with E-state index in [0.717, 1.165) is 24.2 Å². The van der Waals surface area contributed by atoms with Crippen LogP contribution in [0.4, 0.5) is 0 Å². The van der Waals surface area contributed by atoms with Crippen molar-refractivity contribution in [2.24, 2.45) is 0 Å². The summed E-state index contributed by atoms with van der Waals surface area (Å²) >= 11 is 0. The molecule has 0 bridgehead atoms. The van der Waals surface area contributed by atoms with Crippen LogP contribution in [0.5, 0.6) is 5.95 Å². The van der Waals surface area contributed by atoms with E-state index in [1.54, 1.807) is 18.2 Å². The topological polar surface area (TPSA) is 59.7 Å². The predicted octanol–water partition coefficient (Wildman–Crippen LogP) is 4.66. The van der Waals surface area contributed by atoms with Crippen LogP contribution >= 0.6 is 0 Å². The van der Waals surface area contributed by atoms with Gasteiger partial charge in [-0.3, -0.25) is 0 Å². The van der Waals surface area contributed by atoms with E-state index in [2.05, 4.69) is 0 Å². The smallest absolute Gasteiger partial charge is 0.336 e. The van der Waals surface area contributed by atoms with Crippen LogP contribution in [0.2, 0.25) is 0 Å². The Kier molecular flexibility index (Phi) is 4.18. The van der Waals surface area contributed by atoms with Crippen LogP contribution in [0.1, 0.15) is 48.2 Å². The van der Waals surface area contributed by atoms with Crippen LogP contribution in [0.25, 0.3) is 11.1 Å². The van der Waals surface area contributed by atoms with E-state index in [-0.39, 0.29) is 11.7 Å². The third-order valence-corrected chi connectivity index (χ3v) is 4.09. The van der Waals surface area contributed by atoms with Crippen LogP contribution in [0.3, 0.4) is 0 Å². The van der Waals surface area contributed by atoms with E-state index in [1.807, 2.05) is 19.1 Å².